The van der Waals surface area contributed by atoms with Gasteiger partial charge in [0, 0.05) is 30.9 Å². The minimum Gasteiger partial charge on any atom is -0.390 e. The third-order valence-electron chi connectivity index (χ3n) is 5.45. The summed E-state index contributed by atoms with van der Waals surface area (Å²) in [5.74, 6) is 0. The molecule has 5 rings (SSSR count). The lowest BCUT2D eigenvalue weighted by Crippen LogP contribution is -2.04. The van der Waals surface area contributed by atoms with E-state index in [2.05, 4.69) is 88.3 Å². The van der Waals surface area contributed by atoms with Gasteiger partial charge in [0.05, 0.1) is 29.2 Å². The van der Waals surface area contributed by atoms with E-state index in [-0.39, 0.29) is 6.61 Å². The summed E-state index contributed by atoms with van der Waals surface area (Å²) in [7, 11) is 0. The summed E-state index contributed by atoms with van der Waals surface area (Å²) in [5.41, 5.74) is 6.21. The van der Waals surface area contributed by atoms with Crippen molar-refractivity contribution in [3.05, 3.63) is 114 Å². The van der Waals surface area contributed by atoms with Crippen LogP contribution in [0, 0.1) is 0 Å². The number of nitrogens with zero attached hydrogens (tertiary/aromatic N) is 3. The van der Waals surface area contributed by atoms with Gasteiger partial charge in [-0.25, -0.2) is 4.98 Å². The van der Waals surface area contributed by atoms with Crippen LogP contribution >= 0.6 is 0 Å². The Labute approximate surface area is 175 Å². The highest BCUT2D eigenvalue weighted by molar-refractivity contribution is 5.93. The first-order valence-corrected chi connectivity index (χ1v) is 10.1. The zero-order valence-electron chi connectivity index (χ0n) is 16.6. The number of hydrogen-bond acceptors (Lipinski definition) is 2. The Morgan fingerprint density at radius 2 is 1.37 bits per heavy atom. The second-order valence-electron chi connectivity index (χ2n) is 7.49. The highest BCUT2D eigenvalue weighted by Crippen LogP contribution is 2.30. The molecule has 30 heavy (non-hydrogen) atoms. The molecule has 0 fully saturated rings. The maximum atomic E-state index is 9.86. The van der Waals surface area contributed by atoms with Crippen LogP contribution in [0.3, 0.4) is 0 Å². The molecule has 148 valence electrons. The van der Waals surface area contributed by atoms with Gasteiger partial charge >= 0.3 is 0 Å². The molecule has 3 heterocycles. The van der Waals surface area contributed by atoms with Crippen LogP contribution in [0.5, 0.6) is 0 Å². The first kappa shape index (κ1) is 18.4. The van der Waals surface area contributed by atoms with Crippen LogP contribution < -0.4 is 0 Å². The van der Waals surface area contributed by atoms with E-state index < -0.39 is 0 Å². The van der Waals surface area contributed by atoms with Crippen molar-refractivity contribution in [2.24, 2.45) is 0 Å². The maximum Gasteiger partial charge on any atom is 0.0964 e. The summed E-state index contributed by atoms with van der Waals surface area (Å²) >= 11 is 0. The normalized spacial score (nSPS) is 11.2. The van der Waals surface area contributed by atoms with E-state index in [1.807, 2.05) is 18.2 Å². The molecule has 0 aliphatic rings. The lowest BCUT2D eigenvalue weighted by molar-refractivity contribution is 0.277. The largest absolute Gasteiger partial charge is 0.390 e. The van der Waals surface area contributed by atoms with Crippen LogP contribution in [0.15, 0.2) is 97.3 Å². The van der Waals surface area contributed by atoms with E-state index in [9.17, 15) is 5.11 Å². The van der Waals surface area contributed by atoms with Crippen molar-refractivity contribution in [3.63, 3.8) is 0 Å². The standard InChI is InChI=1S/C26H23N3O/c30-19-22-16-25-23(13-15-29(25)18-21-10-5-2-6-11-21)26(27-22)24-12-7-14-28(24)17-20-8-3-1-4-9-20/h1-16,30H,17-19H2. The second-order valence-corrected chi connectivity index (χ2v) is 7.49. The molecule has 2 aromatic carbocycles. The van der Waals surface area contributed by atoms with E-state index in [0.29, 0.717) is 5.69 Å². The highest BCUT2D eigenvalue weighted by atomic mass is 16.3. The van der Waals surface area contributed by atoms with Gasteiger partial charge in [-0.3, -0.25) is 0 Å². The lowest BCUT2D eigenvalue weighted by Gasteiger charge is -2.12. The summed E-state index contributed by atoms with van der Waals surface area (Å²) in [6.45, 7) is 1.48. The fourth-order valence-electron chi connectivity index (χ4n) is 3.98. The molecule has 4 heteroatoms. The summed E-state index contributed by atoms with van der Waals surface area (Å²) < 4.78 is 4.44. The van der Waals surface area contributed by atoms with Gasteiger partial charge in [0.15, 0.2) is 0 Å². The Bertz CT molecular complexity index is 1270. The van der Waals surface area contributed by atoms with Crippen molar-refractivity contribution in [2.75, 3.05) is 0 Å². The monoisotopic (exact) mass is 393 g/mol. The van der Waals surface area contributed by atoms with Crippen LogP contribution in [-0.2, 0) is 19.7 Å². The van der Waals surface area contributed by atoms with E-state index in [1.165, 1.54) is 11.1 Å². The Balaban J connectivity index is 1.59. The summed E-state index contributed by atoms with van der Waals surface area (Å²) in [6, 6.07) is 29.1. The Kier molecular flexibility index (Phi) is 4.91. The molecule has 3 aromatic heterocycles. The molecule has 0 radical (unpaired) electrons. The summed E-state index contributed by atoms with van der Waals surface area (Å²) in [6.07, 6.45) is 4.19. The van der Waals surface area contributed by atoms with E-state index in [0.717, 1.165) is 35.4 Å². The van der Waals surface area contributed by atoms with Crippen molar-refractivity contribution >= 4 is 10.9 Å². The van der Waals surface area contributed by atoms with E-state index >= 15 is 0 Å². The molecule has 5 aromatic rings. The zero-order chi connectivity index (χ0) is 20.3. The predicted octanol–water partition coefficient (Wildman–Crippen LogP) is 5.09. The van der Waals surface area contributed by atoms with Gasteiger partial charge in [-0.1, -0.05) is 60.7 Å². The van der Waals surface area contributed by atoms with Gasteiger partial charge in [0.25, 0.3) is 0 Å². The second kappa shape index (κ2) is 8.01. The quantitative estimate of drug-likeness (QED) is 0.436. The molecule has 0 aliphatic carbocycles. The number of benzene rings is 2. The average molecular weight is 393 g/mol. The molecule has 0 saturated heterocycles. The van der Waals surface area contributed by atoms with Gasteiger partial charge in [0.1, 0.15) is 0 Å². The molecule has 4 nitrogen and oxygen atoms in total. The topological polar surface area (TPSA) is 43.0 Å². The zero-order valence-corrected chi connectivity index (χ0v) is 16.6. The Morgan fingerprint density at radius 1 is 0.700 bits per heavy atom. The van der Waals surface area contributed by atoms with E-state index in [1.54, 1.807) is 0 Å². The van der Waals surface area contributed by atoms with Crippen molar-refractivity contribution in [1.82, 2.24) is 14.1 Å². The average Bonchev–Trinajstić information content (AvgIpc) is 3.42. The predicted molar refractivity (Wildman–Crippen MR) is 120 cm³/mol. The molecule has 1 N–H and O–H groups in total. The smallest absolute Gasteiger partial charge is 0.0964 e. The maximum absolute atomic E-state index is 9.86. The Morgan fingerprint density at radius 3 is 2.03 bits per heavy atom. The molecular weight excluding hydrogens is 370 g/mol. The number of rotatable bonds is 6. The van der Waals surface area contributed by atoms with Crippen molar-refractivity contribution in [2.45, 2.75) is 19.7 Å². The van der Waals surface area contributed by atoms with Gasteiger partial charge in [-0.2, -0.15) is 0 Å². The molecule has 0 amide bonds. The first-order valence-electron chi connectivity index (χ1n) is 10.1. The van der Waals surface area contributed by atoms with Crippen LogP contribution in [0.4, 0.5) is 0 Å². The molecule has 0 aliphatic heterocycles. The van der Waals surface area contributed by atoms with Gasteiger partial charge < -0.3 is 14.2 Å². The summed E-state index contributed by atoms with van der Waals surface area (Å²) in [5, 5.41) is 11.0. The minimum absolute atomic E-state index is 0.0845. The number of aromatic nitrogens is 3. The number of aliphatic hydroxyl groups is 1. The molecule has 0 spiro atoms. The SMILES string of the molecule is OCc1cc2c(ccn2Cc2ccccc2)c(-c2cccn2Cc2ccccc2)n1. The number of fused-ring (bicyclic) bond motifs is 1. The summed E-state index contributed by atoms with van der Waals surface area (Å²) in [4.78, 5) is 4.80. The van der Waals surface area contributed by atoms with Crippen LogP contribution in [-0.4, -0.2) is 19.2 Å². The van der Waals surface area contributed by atoms with Crippen molar-refractivity contribution < 1.29 is 5.11 Å². The highest BCUT2D eigenvalue weighted by Gasteiger charge is 2.15. The third-order valence-corrected chi connectivity index (χ3v) is 5.45. The molecular formula is C26H23N3O. The van der Waals surface area contributed by atoms with Crippen LogP contribution in [0.1, 0.15) is 16.8 Å². The number of hydrogen-bond donors (Lipinski definition) is 1. The Hall–Kier alpha value is -3.63. The van der Waals surface area contributed by atoms with Crippen molar-refractivity contribution in [1.29, 1.82) is 0 Å². The number of pyridine rings is 1. The van der Waals surface area contributed by atoms with Crippen molar-refractivity contribution in [3.8, 4) is 11.4 Å². The third kappa shape index (κ3) is 3.53. The van der Waals surface area contributed by atoms with Gasteiger partial charge in [-0.15, -0.1) is 0 Å². The fourth-order valence-corrected chi connectivity index (χ4v) is 3.98. The van der Waals surface area contributed by atoms with Gasteiger partial charge in [0.2, 0.25) is 0 Å². The van der Waals surface area contributed by atoms with Gasteiger partial charge in [-0.05, 0) is 35.4 Å². The fraction of sp³-hybridized carbons (Fsp3) is 0.115. The molecule has 0 saturated carbocycles. The minimum atomic E-state index is -0.0845. The first-order chi connectivity index (χ1) is 14.8. The lowest BCUT2D eigenvalue weighted by atomic mass is 10.1. The van der Waals surface area contributed by atoms with Crippen LogP contribution in [0.25, 0.3) is 22.3 Å². The molecule has 0 atom stereocenters. The van der Waals surface area contributed by atoms with E-state index in [4.69, 9.17) is 4.98 Å². The van der Waals surface area contributed by atoms with Crippen LogP contribution in [0.2, 0.25) is 0 Å². The number of aliphatic hydroxyl groups excluding tert-OH is 1. The molecule has 0 bridgehead atoms. The molecule has 0 unspecified atom stereocenters.